The van der Waals surface area contributed by atoms with Crippen LogP contribution in [0.15, 0.2) is 0 Å². The summed E-state index contributed by atoms with van der Waals surface area (Å²) in [4.78, 5) is 2.60. The highest BCUT2D eigenvalue weighted by Crippen LogP contribution is 2.19. The van der Waals surface area contributed by atoms with Gasteiger partial charge in [-0.25, -0.2) is 0 Å². The number of nitrogens with one attached hydrogen (secondary N) is 1. The Balaban J connectivity index is 1.64. The first kappa shape index (κ1) is 12.7. The summed E-state index contributed by atoms with van der Waals surface area (Å²) in [5.74, 6) is 3.62. The first-order valence-electron chi connectivity index (χ1n) is 6.92. The van der Waals surface area contributed by atoms with Crippen molar-refractivity contribution >= 4 is 11.8 Å². The predicted molar refractivity (Wildman–Crippen MR) is 73.2 cm³/mol. The van der Waals surface area contributed by atoms with E-state index in [2.05, 4.69) is 28.9 Å². The molecular formula is C13H26N2S. The third kappa shape index (κ3) is 3.94. The molecule has 2 atom stereocenters. The van der Waals surface area contributed by atoms with Crippen molar-refractivity contribution in [2.45, 2.75) is 38.6 Å². The molecule has 2 rings (SSSR count). The van der Waals surface area contributed by atoms with Crippen LogP contribution in [0.3, 0.4) is 0 Å². The van der Waals surface area contributed by atoms with E-state index in [1.54, 1.807) is 0 Å². The molecule has 0 aliphatic carbocycles. The van der Waals surface area contributed by atoms with Gasteiger partial charge < -0.3 is 10.2 Å². The first-order chi connectivity index (χ1) is 7.88. The molecule has 0 bridgehead atoms. The summed E-state index contributed by atoms with van der Waals surface area (Å²) in [7, 11) is 0. The summed E-state index contributed by atoms with van der Waals surface area (Å²) in [6, 6.07) is 0.802. The number of piperidine rings is 1. The van der Waals surface area contributed by atoms with Gasteiger partial charge in [0.15, 0.2) is 0 Å². The topological polar surface area (TPSA) is 15.3 Å². The van der Waals surface area contributed by atoms with Gasteiger partial charge in [-0.1, -0.05) is 6.92 Å². The second-order valence-corrected chi connectivity index (χ2v) is 6.37. The molecule has 1 N–H and O–H groups in total. The smallest absolute Gasteiger partial charge is 0.0158 e. The molecule has 0 radical (unpaired) electrons. The molecule has 2 saturated heterocycles. The van der Waals surface area contributed by atoms with Crippen molar-refractivity contribution in [2.75, 3.05) is 37.7 Å². The van der Waals surface area contributed by atoms with Crippen molar-refractivity contribution in [2.24, 2.45) is 5.92 Å². The molecule has 0 aromatic heterocycles. The van der Waals surface area contributed by atoms with Crippen molar-refractivity contribution in [3.63, 3.8) is 0 Å². The molecule has 0 aromatic carbocycles. The Labute approximate surface area is 105 Å². The van der Waals surface area contributed by atoms with E-state index in [1.165, 1.54) is 63.4 Å². The van der Waals surface area contributed by atoms with Crippen molar-refractivity contribution in [3.05, 3.63) is 0 Å². The summed E-state index contributed by atoms with van der Waals surface area (Å²) < 4.78 is 0. The lowest BCUT2D eigenvalue weighted by Gasteiger charge is -2.33. The van der Waals surface area contributed by atoms with Crippen LogP contribution in [0.25, 0.3) is 0 Å². The van der Waals surface area contributed by atoms with E-state index >= 15 is 0 Å². The van der Waals surface area contributed by atoms with Crippen LogP contribution in [0.1, 0.15) is 32.6 Å². The molecule has 0 spiro atoms. The average Bonchev–Trinajstić information content (AvgIpc) is 2.38. The quantitative estimate of drug-likeness (QED) is 0.814. The highest BCUT2D eigenvalue weighted by atomic mass is 32.2. The van der Waals surface area contributed by atoms with Crippen LogP contribution in [0, 0.1) is 5.92 Å². The maximum Gasteiger partial charge on any atom is 0.0158 e. The molecule has 2 aliphatic rings. The minimum atomic E-state index is 0.802. The van der Waals surface area contributed by atoms with E-state index in [0.717, 1.165) is 12.0 Å². The van der Waals surface area contributed by atoms with E-state index in [1.807, 2.05) is 0 Å². The number of hydrogen-bond acceptors (Lipinski definition) is 3. The van der Waals surface area contributed by atoms with Crippen molar-refractivity contribution in [1.29, 1.82) is 0 Å². The molecule has 2 heterocycles. The maximum absolute atomic E-state index is 3.79. The number of nitrogens with zero attached hydrogens (tertiary/aromatic N) is 1. The van der Waals surface area contributed by atoms with Crippen LogP contribution in [-0.4, -0.2) is 48.6 Å². The lowest BCUT2D eigenvalue weighted by molar-refractivity contribution is 0.177. The van der Waals surface area contributed by atoms with Crippen LogP contribution in [-0.2, 0) is 0 Å². The van der Waals surface area contributed by atoms with Gasteiger partial charge in [-0.15, -0.1) is 0 Å². The molecule has 0 aromatic rings. The van der Waals surface area contributed by atoms with E-state index in [9.17, 15) is 0 Å². The second-order valence-electron chi connectivity index (χ2n) is 5.22. The molecule has 2 nitrogen and oxygen atoms in total. The number of hydrogen-bond donors (Lipinski definition) is 1. The lowest BCUT2D eigenvalue weighted by atomic mass is 9.97. The van der Waals surface area contributed by atoms with E-state index in [0.29, 0.717) is 0 Å². The summed E-state index contributed by atoms with van der Waals surface area (Å²) >= 11 is 2.12. The summed E-state index contributed by atoms with van der Waals surface area (Å²) in [6.07, 6.45) is 5.65. The lowest BCUT2D eigenvalue weighted by Crippen LogP contribution is -2.43. The fourth-order valence-corrected chi connectivity index (χ4v) is 3.95. The Hall–Kier alpha value is 0.270. The zero-order chi connectivity index (χ0) is 11.2. The largest absolute Gasteiger partial charge is 0.313 e. The molecule has 2 aliphatic heterocycles. The van der Waals surface area contributed by atoms with Gasteiger partial charge in [-0.05, 0) is 57.0 Å². The molecule has 0 saturated carbocycles. The fraction of sp³-hybridized carbons (Fsp3) is 1.00. The minimum absolute atomic E-state index is 0.802. The van der Waals surface area contributed by atoms with Gasteiger partial charge in [0.1, 0.15) is 0 Å². The Morgan fingerprint density at radius 1 is 1.31 bits per heavy atom. The number of thioether (sulfide) groups is 1. The molecule has 2 fully saturated rings. The summed E-state index contributed by atoms with van der Waals surface area (Å²) in [5, 5.41) is 3.79. The normalized spacial score (nSPS) is 32.8. The Morgan fingerprint density at radius 2 is 2.25 bits per heavy atom. The van der Waals surface area contributed by atoms with Crippen molar-refractivity contribution in [3.8, 4) is 0 Å². The minimum Gasteiger partial charge on any atom is -0.313 e. The van der Waals surface area contributed by atoms with Gasteiger partial charge in [0.05, 0.1) is 0 Å². The third-order valence-corrected chi connectivity index (χ3v) is 5.12. The Kier molecular flexibility index (Phi) is 5.46. The Morgan fingerprint density at radius 3 is 3.00 bits per heavy atom. The molecule has 16 heavy (non-hydrogen) atoms. The molecule has 0 amide bonds. The number of rotatable bonds is 4. The number of likely N-dealkylation sites (tertiary alicyclic amines) is 1. The second kappa shape index (κ2) is 6.87. The van der Waals surface area contributed by atoms with E-state index < -0.39 is 0 Å². The standard InChI is InChI=1S/C13H26N2S/c1-2-15-7-3-5-12(10-15)9-14-13-6-4-8-16-11-13/h12-14H,2-11H2,1H3. The maximum atomic E-state index is 3.79. The van der Waals surface area contributed by atoms with Crippen LogP contribution in [0.5, 0.6) is 0 Å². The van der Waals surface area contributed by atoms with Gasteiger partial charge in [0, 0.05) is 18.3 Å². The molecule has 94 valence electrons. The average molecular weight is 242 g/mol. The van der Waals surface area contributed by atoms with E-state index in [4.69, 9.17) is 0 Å². The van der Waals surface area contributed by atoms with Crippen LogP contribution in [0.2, 0.25) is 0 Å². The monoisotopic (exact) mass is 242 g/mol. The zero-order valence-electron chi connectivity index (χ0n) is 10.6. The summed E-state index contributed by atoms with van der Waals surface area (Å²) in [5.41, 5.74) is 0. The molecule has 3 heteroatoms. The van der Waals surface area contributed by atoms with Gasteiger partial charge in [0.25, 0.3) is 0 Å². The first-order valence-corrected chi connectivity index (χ1v) is 8.07. The van der Waals surface area contributed by atoms with Crippen LogP contribution >= 0.6 is 11.8 Å². The fourth-order valence-electron chi connectivity index (χ4n) is 2.84. The van der Waals surface area contributed by atoms with E-state index in [-0.39, 0.29) is 0 Å². The van der Waals surface area contributed by atoms with Crippen LogP contribution in [0.4, 0.5) is 0 Å². The van der Waals surface area contributed by atoms with Crippen molar-refractivity contribution in [1.82, 2.24) is 10.2 Å². The highest BCUT2D eigenvalue weighted by Gasteiger charge is 2.20. The third-order valence-electron chi connectivity index (χ3n) is 3.91. The van der Waals surface area contributed by atoms with Gasteiger partial charge in [0.2, 0.25) is 0 Å². The molecular weight excluding hydrogens is 216 g/mol. The SMILES string of the molecule is CCN1CCCC(CNC2CCCSC2)C1. The predicted octanol–water partition coefficient (Wildman–Crippen LogP) is 2.20. The molecule has 2 unspecified atom stereocenters. The van der Waals surface area contributed by atoms with Gasteiger partial charge in [-0.2, -0.15) is 11.8 Å². The van der Waals surface area contributed by atoms with Gasteiger partial charge >= 0.3 is 0 Å². The Bertz CT molecular complexity index is 192. The highest BCUT2D eigenvalue weighted by molar-refractivity contribution is 7.99. The zero-order valence-corrected chi connectivity index (χ0v) is 11.4. The van der Waals surface area contributed by atoms with Crippen molar-refractivity contribution < 1.29 is 0 Å². The summed E-state index contributed by atoms with van der Waals surface area (Å²) in [6.45, 7) is 7.42. The van der Waals surface area contributed by atoms with Gasteiger partial charge in [-0.3, -0.25) is 0 Å². The van der Waals surface area contributed by atoms with Crippen LogP contribution < -0.4 is 5.32 Å².